The molecule has 18 heavy (non-hydrogen) atoms. The van der Waals surface area contributed by atoms with Crippen LogP contribution in [0.15, 0.2) is 12.1 Å². The fourth-order valence-corrected chi connectivity index (χ4v) is 2.70. The smallest absolute Gasteiger partial charge is 0.132 e. The van der Waals surface area contributed by atoms with Crippen LogP contribution >= 0.6 is 11.6 Å². The third-order valence-corrected chi connectivity index (χ3v) is 3.57. The first-order chi connectivity index (χ1) is 8.63. The standard InChI is InChI=1S/C13H17ClF2N2/c1-2-12(18-5-3-17-4-6-18)13-10(15)7-9(14)8-11(13)16/h7-8,12,17H,2-6H2,1H3/t12-/m0/s1. The summed E-state index contributed by atoms with van der Waals surface area (Å²) in [4.78, 5) is 2.12. The zero-order valence-corrected chi connectivity index (χ0v) is 11.1. The second-order valence-corrected chi connectivity index (χ2v) is 4.93. The Balaban J connectivity index is 2.32. The van der Waals surface area contributed by atoms with Crippen LogP contribution in [-0.4, -0.2) is 31.1 Å². The number of piperazine rings is 1. The summed E-state index contributed by atoms with van der Waals surface area (Å²) in [5.41, 5.74) is 0.142. The summed E-state index contributed by atoms with van der Waals surface area (Å²) in [7, 11) is 0. The highest BCUT2D eigenvalue weighted by Crippen LogP contribution is 2.30. The van der Waals surface area contributed by atoms with Gasteiger partial charge in [-0.05, 0) is 18.6 Å². The molecule has 1 fully saturated rings. The minimum Gasteiger partial charge on any atom is -0.314 e. The largest absolute Gasteiger partial charge is 0.314 e. The van der Waals surface area contributed by atoms with E-state index in [1.807, 2.05) is 6.92 Å². The zero-order valence-electron chi connectivity index (χ0n) is 10.3. The number of hydrogen-bond acceptors (Lipinski definition) is 2. The molecule has 0 aliphatic carbocycles. The average molecular weight is 275 g/mol. The summed E-state index contributed by atoms with van der Waals surface area (Å²) >= 11 is 5.65. The van der Waals surface area contributed by atoms with Crippen LogP contribution in [0.1, 0.15) is 24.9 Å². The average Bonchev–Trinajstić information content (AvgIpc) is 2.34. The highest BCUT2D eigenvalue weighted by molar-refractivity contribution is 6.30. The number of nitrogens with one attached hydrogen (secondary N) is 1. The van der Waals surface area contributed by atoms with Gasteiger partial charge >= 0.3 is 0 Å². The third kappa shape index (κ3) is 2.82. The van der Waals surface area contributed by atoms with E-state index in [1.54, 1.807) is 0 Å². The fraction of sp³-hybridized carbons (Fsp3) is 0.538. The van der Waals surface area contributed by atoms with Crippen molar-refractivity contribution in [2.45, 2.75) is 19.4 Å². The van der Waals surface area contributed by atoms with Crippen molar-refractivity contribution in [3.05, 3.63) is 34.4 Å². The van der Waals surface area contributed by atoms with Gasteiger partial charge in [-0.25, -0.2) is 8.78 Å². The lowest BCUT2D eigenvalue weighted by atomic mass is 10.0. The van der Waals surface area contributed by atoms with Crippen molar-refractivity contribution in [2.75, 3.05) is 26.2 Å². The molecule has 1 aliphatic rings. The summed E-state index contributed by atoms with van der Waals surface area (Å²) in [6, 6.07) is 2.15. The second-order valence-electron chi connectivity index (χ2n) is 4.49. The maximum absolute atomic E-state index is 13.9. The molecule has 100 valence electrons. The highest BCUT2D eigenvalue weighted by Gasteiger charge is 2.26. The molecule has 1 aromatic rings. The molecule has 0 bridgehead atoms. The van der Waals surface area contributed by atoms with E-state index in [2.05, 4.69) is 10.2 Å². The summed E-state index contributed by atoms with van der Waals surface area (Å²) < 4.78 is 27.9. The van der Waals surface area contributed by atoms with E-state index >= 15 is 0 Å². The van der Waals surface area contributed by atoms with Crippen LogP contribution in [0, 0.1) is 11.6 Å². The normalized spacial score (nSPS) is 18.9. The maximum atomic E-state index is 13.9. The first-order valence-corrected chi connectivity index (χ1v) is 6.60. The minimum atomic E-state index is -0.551. The van der Waals surface area contributed by atoms with Gasteiger partial charge in [0.1, 0.15) is 11.6 Å². The molecule has 1 aromatic carbocycles. The molecule has 2 nitrogen and oxygen atoms in total. The van der Waals surface area contributed by atoms with Crippen molar-refractivity contribution < 1.29 is 8.78 Å². The molecule has 1 saturated heterocycles. The summed E-state index contributed by atoms with van der Waals surface area (Å²) in [5.74, 6) is -1.10. The van der Waals surface area contributed by atoms with E-state index in [4.69, 9.17) is 11.6 Å². The van der Waals surface area contributed by atoms with Crippen LogP contribution in [0.25, 0.3) is 0 Å². The van der Waals surface area contributed by atoms with Gasteiger partial charge in [0.05, 0.1) is 0 Å². The number of nitrogens with zero attached hydrogens (tertiary/aromatic N) is 1. The fourth-order valence-electron chi connectivity index (χ4n) is 2.51. The molecule has 1 atom stereocenters. The Labute approximate surface area is 111 Å². The Morgan fingerprint density at radius 2 is 1.83 bits per heavy atom. The van der Waals surface area contributed by atoms with Crippen LogP contribution in [0.2, 0.25) is 5.02 Å². The zero-order chi connectivity index (χ0) is 13.1. The van der Waals surface area contributed by atoms with Gasteiger partial charge in [-0.2, -0.15) is 0 Å². The van der Waals surface area contributed by atoms with Crippen molar-refractivity contribution in [1.29, 1.82) is 0 Å². The first-order valence-electron chi connectivity index (χ1n) is 6.22. The van der Waals surface area contributed by atoms with Crippen LogP contribution in [0.3, 0.4) is 0 Å². The van der Waals surface area contributed by atoms with Crippen molar-refractivity contribution in [3.8, 4) is 0 Å². The van der Waals surface area contributed by atoms with E-state index in [1.165, 1.54) is 12.1 Å². The van der Waals surface area contributed by atoms with E-state index in [9.17, 15) is 8.78 Å². The molecule has 1 heterocycles. The van der Waals surface area contributed by atoms with Gasteiger partial charge < -0.3 is 5.32 Å². The third-order valence-electron chi connectivity index (χ3n) is 3.36. The molecular weight excluding hydrogens is 258 g/mol. The Kier molecular flexibility index (Phi) is 4.54. The monoisotopic (exact) mass is 274 g/mol. The van der Waals surface area contributed by atoms with Crippen LogP contribution in [0.5, 0.6) is 0 Å². The summed E-state index contributed by atoms with van der Waals surface area (Å²) in [6.45, 7) is 5.26. The molecule has 2 rings (SSSR count). The van der Waals surface area contributed by atoms with Crippen LogP contribution in [-0.2, 0) is 0 Å². The van der Waals surface area contributed by atoms with Gasteiger partial charge in [-0.1, -0.05) is 18.5 Å². The molecule has 0 radical (unpaired) electrons. The van der Waals surface area contributed by atoms with E-state index in [0.29, 0.717) is 6.42 Å². The molecular formula is C13H17ClF2N2. The molecule has 5 heteroatoms. The van der Waals surface area contributed by atoms with Crippen LogP contribution in [0.4, 0.5) is 8.78 Å². The Hall–Kier alpha value is -0.710. The van der Waals surface area contributed by atoms with E-state index < -0.39 is 11.6 Å². The lowest BCUT2D eigenvalue weighted by Crippen LogP contribution is -2.45. The molecule has 0 aromatic heterocycles. The molecule has 0 amide bonds. The number of hydrogen-bond donors (Lipinski definition) is 1. The SMILES string of the molecule is CC[C@@H](c1c(F)cc(Cl)cc1F)N1CCNCC1. The molecule has 0 saturated carbocycles. The van der Waals surface area contributed by atoms with Gasteiger partial charge in [0.2, 0.25) is 0 Å². The molecule has 0 spiro atoms. The second kappa shape index (κ2) is 5.95. The minimum absolute atomic E-state index is 0.101. The quantitative estimate of drug-likeness (QED) is 0.912. The number of rotatable bonds is 3. The predicted molar refractivity (Wildman–Crippen MR) is 68.8 cm³/mol. The molecule has 0 unspecified atom stereocenters. The Bertz CT molecular complexity index is 396. The van der Waals surface area contributed by atoms with Gasteiger partial charge in [0.25, 0.3) is 0 Å². The summed E-state index contributed by atoms with van der Waals surface area (Å²) in [6.07, 6.45) is 0.676. The van der Waals surface area contributed by atoms with Crippen molar-refractivity contribution in [3.63, 3.8) is 0 Å². The Morgan fingerprint density at radius 3 is 2.33 bits per heavy atom. The molecule has 1 aliphatic heterocycles. The van der Waals surface area contributed by atoms with Crippen molar-refractivity contribution >= 4 is 11.6 Å². The summed E-state index contributed by atoms with van der Waals surface area (Å²) in [5, 5.41) is 3.33. The van der Waals surface area contributed by atoms with Gasteiger partial charge in [0, 0.05) is 42.8 Å². The van der Waals surface area contributed by atoms with Gasteiger partial charge in [0.15, 0.2) is 0 Å². The molecule has 1 N–H and O–H groups in total. The van der Waals surface area contributed by atoms with Crippen molar-refractivity contribution in [2.24, 2.45) is 0 Å². The lowest BCUT2D eigenvalue weighted by molar-refractivity contribution is 0.163. The first kappa shape index (κ1) is 13.7. The maximum Gasteiger partial charge on any atom is 0.132 e. The van der Waals surface area contributed by atoms with Crippen molar-refractivity contribution in [1.82, 2.24) is 10.2 Å². The van der Waals surface area contributed by atoms with Crippen LogP contribution < -0.4 is 5.32 Å². The van der Waals surface area contributed by atoms with Gasteiger partial charge in [-0.3, -0.25) is 4.90 Å². The lowest BCUT2D eigenvalue weighted by Gasteiger charge is -2.35. The Morgan fingerprint density at radius 1 is 1.28 bits per heavy atom. The van der Waals surface area contributed by atoms with Gasteiger partial charge in [-0.15, -0.1) is 0 Å². The van der Waals surface area contributed by atoms with E-state index in [-0.39, 0.29) is 16.6 Å². The number of benzene rings is 1. The van der Waals surface area contributed by atoms with E-state index in [0.717, 1.165) is 26.2 Å². The topological polar surface area (TPSA) is 15.3 Å². The number of halogens is 3. The highest BCUT2D eigenvalue weighted by atomic mass is 35.5. The predicted octanol–water partition coefficient (Wildman–Crippen LogP) is 2.97.